The Bertz CT molecular complexity index is 559. The molecule has 0 spiro atoms. The summed E-state index contributed by atoms with van der Waals surface area (Å²) in [5, 5.41) is 9.59. The Morgan fingerprint density at radius 1 is 1.19 bits per heavy atom. The molecule has 114 valence electrons. The Kier molecular flexibility index (Phi) is 4.13. The van der Waals surface area contributed by atoms with E-state index in [4.69, 9.17) is 16.7 Å². The highest BCUT2D eigenvalue weighted by molar-refractivity contribution is 6.30. The molecule has 2 rings (SSSR count). The van der Waals surface area contributed by atoms with Gasteiger partial charge >= 0.3 is 18.1 Å². The normalized spacial score (nSPS) is 22.4. The Morgan fingerprint density at radius 2 is 1.76 bits per heavy atom. The molecule has 1 heterocycles. The molecular weight excluding hydrogens is 311 g/mol. The molecule has 1 saturated heterocycles. The van der Waals surface area contributed by atoms with Gasteiger partial charge in [-0.3, -0.25) is 9.59 Å². The van der Waals surface area contributed by atoms with Gasteiger partial charge in [0.15, 0.2) is 0 Å². The highest BCUT2D eigenvalue weighted by atomic mass is 35.5. The van der Waals surface area contributed by atoms with Gasteiger partial charge in [-0.2, -0.15) is 13.2 Å². The molecule has 1 amide bonds. The van der Waals surface area contributed by atoms with Crippen molar-refractivity contribution in [3.63, 3.8) is 0 Å². The Balaban J connectivity index is 2.26. The van der Waals surface area contributed by atoms with Crippen molar-refractivity contribution in [2.24, 2.45) is 5.92 Å². The van der Waals surface area contributed by atoms with Gasteiger partial charge in [-0.25, -0.2) is 0 Å². The highest BCUT2D eigenvalue weighted by Crippen LogP contribution is 2.35. The van der Waals surface area contributed by atoms with Crippen molar-refractivity contribution in [3.8, 4) is 0 Å². The van der Waals surface area contributed by atoms with Gasteiger partial charge in [-0.15, -0.1) is 0 Å². The van der Waals surface area contributed by atoms with Crippen LogP contribution < -0.4 is 0 Å². The van der Waals surface area contributed by atoms with Gasteiger partial charge < -0.3 is 10.0 Å². The number of halogens is 4. The van der Waals surface area contributed by atoms with Crippen LogP contribution in [0.5, 0.6) is 0 Å². The number of likely N-dealkylation sites (tertiary alicyclic amines) is 1. The molecule has 21 heavy (non-hydrogen) atoms. The second-order valence-electron chi connectivity index (χ2n) is 4.81. The summed E-state index contributed by atoms with van der Waals surface area (Å²) in [4.78, 5) is 23.0. The van der Waals surface area contributed by atoms with Crippen LogP contribution in [-0.4, -0.2) is 41.1 Å². The molecule has 2 atom stereocenters. The standard InChI is InChI=1S/C13H11ClF3NO3/c14-8-3-1-7(2-4-8)9-5-18(6-10(9)11(19)20)12(21)13(15,16)17/h1-4,9-10H,5-6H2,(H,19,20)/t9-,10+/m0/s1. The highest BCUT2D eigenvalue weighted by Gasteiger charge is 2.48. The molecule has 4 nitrogen and oxygen atoms in total. The van der Waals surface area contributed by atoms with Crippen molar-refractivity contribution in [1.82, 2.24) is 4.90 Å². The van der Waals surface area contributed by atoms with Crippen molar-refractivity contribution < 1.29 is 27.9 Å². The summed E-state index contributed by atoms with van der Waals surface area (Å²) in [7, 11) is 0. The van der Waals surface area contributed by atoms with Gasteiger partial charge in [-0.1, -0.05) is 23.7 Å². The van der Waals surface area contributed by atoms with E-state index in [2.05, 4.69) is 0 Å². The van der Waals surface area contributed by atoms with Crippen LogP contribution in [0.15, 0.2) is 24.3 Å². The number of carbonyl (C=O) groups is 2. The molecular formula is C13H11ClF3NO3. The third kappa shape index (κ3) is 3.29. The van der Waals surface area contributed by atoms with Crippen molar-refractivity contribution in [2.45, 2.75) is 12.1 Å². The Labute approximate surface area is 123 Å². The van der Waals surface area contributed by atoms with E-state index in [0.29, 0.717) is 15.5 Å². The van der Waals surface area contributed by atoms with Gasteiger partial charge in [-0.05, 0) is 17.7 Å². The van der Waals surface area contributed by atoms with Crippen molar-refractivity contribution in [1.29, 1.82) is 0 Å². The first-order valence-electron chi connectivity index (χ1n) is 6.04. The van der Waals surface area contributed by atoms with Gasteiger partial charge in [0, 0.05) is 24.0 Å². The van der Waals surface area contributed by atoms with E-state index in [9.17, 15) is 22.8 Å². The third-order valence-electron chi connectivity index (χ3n) is 3.46. The number of carbonyl (C=O) groups excluding carboxylic acids is 1. The number of benzene rings is 1. The molecule has 0 radical (unpaired) electrons. The fraction of sp³-hybridized carbons (Fsp3) is 0.385. The zero-order valence-electron chi connectivity index (χ0n) is 10.6. The van der Waals surface area contributed by atoms with E-state index in [1.165, 1.54) is 12.1 Å². The number of carboxylic acids is 1. The summed E-state index contributed by atoms with van der Waals surface area (Å²) >= 11 is 5.73. The second-order valence-corrected chi connectivity index (χ2v) is 5.25. The van der Waals surface area contributed by atoms with E-state index in [1.54, 1.807) is 12.1 Å². The van der Waals surface area contributed by atoms with E-state index < -0.39 is 36.4 Å². The average molecular weight is 322 g/mol. The van der Waals surface area contributed by atoms with Crippen LogP contribution in [0.1, 0.15) is 11.5 Å². The van der Waals surface area contributed by atoms with Gasteiger partial charge in [0.1, 0.15) is 0 Å². The molecule has 0 aliphatic carbocycles. The van der Waals surface area contributed by atoms with E-state index >= 15 is 0 Å². The molecule has 1 fully saturated rings. The summed E-state index contributed by atoms with van der Waals surface area (Å²) in [6.45, 7) is -0.738. The van der Waals surface area contributed by atoms with Crippen molar-refractivity contribution in [3.05, 3.63) is 34.9 Å². The van der Waals surface area contributed by atoms with Crippen molar-refractivity contribution in [2.75, 3.05) is 13.1 Å². The minimum Gasteiger partial charge on any atom is -0.481 e. The quantitative estimate of drug-likeness (QED) is 0.910. The largest absolute Gasteiger partial charge is 0.481 e. The van der Waals surface area contributed by atoms with E-state index in [1.807, 2.05) is 0 Å². The number of amides is 1. The van der Waals surface area contributed by atoms with Crippen LogP contribution in [0.25, 0.3) is 0 Å². The van der Waals surface area contributed by atoms with Crippen LogP contribution in [0.2, 0.25) is 5.02 Å². The number of hydrogen-bond donors (Lipinski definition) is 1. The number of rotatable bonds is 2. The monoisotopic (exact) mass is 321 g/mol. The molecule has 0 unspecified atom stereocenters. The predicted octanol–water partition coefficient (Wildman–Crippen LogP) is 2.53. The Hall–Kier alpha value is -1.76. The van der Waals surface area contributed by atoms with Gasteiger partial charge in [0.2, 0.25) is 0 Å². The van der Waals surface area contributed by atoms with Crippen LogP contribution in [0.4, 0.5) is 13.2 Å². The van der Waals surface area contributed by atoms with Gasteiger partial charge in [0.25, 0.3) is 0 Å². The zero-order valence-corrected chi connectivity index (χ0v) is 11.4. The lowest BCUT2D eigenvalue weighted by atomic mass is 9.89. The summed E-state index contributed by atoms with van der Waals surface area (Å²) in [6.07, 6.45) is -5.00. The average Bonchev–Trinajstić information content (AvgIpc) is 2.82. The number of alkyl halides is 3. The summed E-state index contributed by atoms with van der Waals surface area (Å²) in [6, 6.07) is 6.18. The second kappa shape index (κ2) is 5.55. The first kappa shape index (κ1) is 15.6. The smallest absolute Gasteiger partial charge is 0.471 e. The maximum absolute atomic E-state index is 12.5. The number of hydrogen-bond acceptors (Lipinski definition) is 2. The molecule has 0 saturated carbocycles. The lowest BCUT2D eigenvalue weighted by Gasteiger charge is -2.17. The lowest BCUT2D eigenvalue weighted by molar-refractivity contribution is -0.184. The molecule has 1 aromatic rings. The fourth-order valence-electron chi connectivity index (χ4n) is 2.45. The van der Waals surface area contributed by atoms with Crippen molar-refractivity contribution >= 4 is 23.5 Å². The van der Waals surface area contributed by atoms with Crippen LogP contribution in [0, 0.1) is 5.92 Å². The predicted molar refractivity (Wildman–Crippen MR) is 68.0 cm³/mol. The number of carboxylic acid groups (broad SMARTS) is 1. The molecule has 1 aliphatic heterocycles. The van der Waals surface area contributed by atoms with Crippen LogP contribution in [0.3, 0.4) is 0 Å². The zero-order chi connectivity index (χ0) is 15.8. The van der Waals surface area contributed by atoms with Crippen LogP contribution >= 0.6 is 11.6 Å². The topological polar surface area (TPSA) is 57.6 Å². The first-order chi connectivity index (χ1) is 9.70. The lowest BCUT2D eigenvalue weighted by Crippen LogP contribution is -2.40. The molecule has 8 heteroatoms. The minimum atomic E-state index is -5.00. The van der Waals surface area contributed by atoms with E-state index in [0.717, 1.165) is 0 Å². The van der Waals surface area contributed by atoms with E-state index in [-0.39, 0.29) is 6.54 Å². The van der Waals surface area contributed by atoms with Crippen LogP contribution in [-0.2, 0) is 9.59 Å². The summed E-state index contributed by atoms with van der Waals surface area (Å²) < 4.78 is 37.4. The number of nitrogens with zero attached hydrogens (tertiary/aromatic N) is 1. The fourth-order valence-corrected chi connectivity index (χ4v) is 2.57. The molecule has 0 bridgehead atoms. The summed E-state index contributed by atoms with van der Waals surface area (Å²) in [5.74, 6) is -5.00. The number of aliphatic carboxylic acids is 1. The minimum absolute atomic E-state index is 0.281. The third-order valence-corrected chi connectivity index (χ3v) is 3.72. The summed E-state index contributed by atoms with van der Waals surface area (Å²) in [5.41, 5.74) is 0.546. The SMILES string of the molecule is O=C(O)[C@@H]1CN(C(=O)C(F)(F)F)C[C@H]1c1ccc(Cl)cc1. The molecule has 1 aliphatic rings. The van der Waals surface area contributed by atoms with Gasteiger partial charge in [0.05, 0.1) is 5.92 Å². The molecule has 1 N–H and O–H groups in total. The first-order valence-corrected chi connectivity index (χ1v) is 6.42. The maximum Gasteiger partial charge on any atom is 0.471 e. The molecule has 1 aromatic carbocycles. The maximum atomic E-state index is 12.5. The Morgan fingerprint density at radius 3 is 2.24 bits per heavy atom. The molecule has 0 aromatic heterocycles.